The summed E-state index contributed by atoms with van der Waals surface area (Å²) in [5.41, 5.74) is 0.559. The molecule has 3 saturated carbocycles. The van der Waals surface area contributed by atoms with E-state index in [4.69, 9.17) is 5.11 Å². The number of aliphatic hydroxyl groups is 1. The quantitative estimate of drug-likeness (QED) is 0.835. The lowest BCUT2D eigenvalue weighted by atomic mass is 9.40. The van der Waals surface area contributed by atoms with Crippen LogP contribution in [0.4, 0.5) is 0 Å². The van der Waals surface area contributed by atoms with Crippen LogP contribution < -0.4 is 0 Å². The van der Waals surface area contributed by atoms with Crippen LogP contribution >= 0.6 is 22.6 Å². The highest BCUT2D eigenvalue weighted by molar-refractivity contribution is 14.1. The summed E-state index contributed by atoms with van der Waals surface area (Å²) in [6.07, 6.45) is 7.35. The van der Waals surface area contributed by atoms with Gasteiger partial charge in [-0.2, -0.15) is 5.10 Å². The third kappa shape index (κ3) is 0.905. The first-order valence-electron chi connectivity index (χ1n) is 4.50. The largest absolute Gasteiger partial charge is 0.396 e. The fourth-order valence-electron chi connectivity index (χ4n) is 2.91. The van der Waals surface area contributed by atoms with Gasteiger partial charge in [0.05, 0.1) is 15.3 Å². The highest BCUT2D eigenvalue weighted by Crippen LogP contribution is 2.70. The zero-order valence-electron chi connectivity index (χ0n) is 7.20. The number of nitrogens with zero attached hydrogens (tertiary/aromatic N) is 2. The lowest BCUT2D eigenvalue weighted by Crippen LogP contribution is -2.69. The van der Waals surface area contributed by atoms with Crippen LogP contribution in [0, 0.1) is 8.99 Å². The molecule has 0 amide bonds. The summed E-state index contributed by atoms with van der Waals surface area (Å²) < 4.78 is 3.28. The van der Waals surface area contributed by atoms with Gasteiger partial charge in [0.2, 0.25) is 0 Å². The zero-order chi connectivity index (χ0) is 9.10. The molecule has 0 atom stereocenters. The predicted molar refractivity (Wildman–Crippen MR) is 56.3 cm³/mol. The molecule has 0 radical (unpaired) electrons. The summed E-state index contributed by atoms with van der Waals surface area (Å²) in [5, 5.41) is 13.5. The maximum Gasteiger partial charge on any atom is 0.0646 e. The van der Waals surface area contributed by atoms with Gasteiger partial charge >= 0.3 is 0 Å². The van der Waals surface area contributed by atoms with Gasteiger partial charge < -0.3 is 5.11 Å². The Morgan fingerprint density at radius 2 is 2.23 bits per heavy atom. The van der Waals surface area contributed by atoms with Crippen molar-refractivity contribution in [2.45, 2.75) is 24.8 Å². The zero-order valence-corrected chi connectivity index (χ0v) is 9.36. The fraction of sp³-hybridized carbons (Fsp3) is 0.667. The minimum Gasteiger partial charge on any atom is -0.396 e. The molecule has 1 aromatic rings. The molecule has 4 rings (SSSR count). The van der Waals surface area contributed by atoms with E-state index in [0.29, 0.717) is 6.61 Å². The predicted octanol–water partition coefficient (Wildman–Crippen LogP) is 1.36. The molecule has 3 aliphatic rings. The van der Waals surface area contributed by atoms with Gasteiger partial charge in [0.25, 0.3) is 0 Å². The molecule has 70 valence electrons. The molecule has 0 saturated heterocycles. The number of rotatable bonds is 2. The first-order chi connectivity index (χ1) is 6.18. The topological polar surface area (TPSA) is 38.0 Å². The fourth-order valence-corrected chi connectivity index (χ4v) is 3.30. The average Bonchev–Trinajstić information content (AvgIpc) is 2.31. The van der Waals surface area contributed by atoms with E-state index in [2.05, 4.69) is 38.6 Å². The summed E-state index contributed by atoms with van der Waals surface area (Å²) in [6, 6.07) is 0. The van der Waals surface area contributed by atoms with Crippen LogP contribution in [0.15, 0.2) is 12.4 Å². The second-order valence-corrected chi connectivity index (χ2v) is 5.76. The van der Waals surface area contributed by atoms with Gasteiger partial charge in [0, 0.05) is 18.2 Å². The van der Waals surface area contributed by atoms with Crippen molar-refractivity contribution in [3.8, 4) is 0 Å². The first-order valence-corrected chi connectivity index (χ1v) is 5.58. The van der Waals surface area contributed by atoms with Gasteiger partial charge in [-0.25, -0.2) is 0 Å². The average molecular weight is 290 g/mol. The van der Waals surface area contributed by atoms with Crippen LogP contribution in [0.1, 0.15) is 19.3 Å². The molecular weight excluding hydrogens is 279 g/mol. The van der Waals surface area contributed by atoms with Crippen LogP contribution in [0.3, 0.4) is 0 Å². The summed E-state index contributed by atoms with van der Waals surface area (Å²) in [5.74, 6) is 0. The van der Waals surface area contributed by atoms with Crippen molar-refractivity contribution in [2.75, 3.05) is 6.61 Å². The van der Waals surface area contributed by atoms with Crippen molar-refractivity contribution < 1.29 is 5.11 Å². The van der Waals surface area contributed by atoms with E-state index in [1.54, 1.807) is 0 Å². The molecule has 4 heteroatoms. The number of aliphatic hydroxyl groups excluding tert-OH is 1. The van der Waals surface area contributed by atoms with Gasteiger partial charge in [0.15, 0.2) is 0 Å². The third-order valence-corrected chi connectivity index (χ3v) is 4.04. The van der Waals surface area contributed by atoms with Crippen molar-refractivity contribution in [1.82, 2.24) is 9.78 Å². The molecular formula is C9H11IN2O. The molecule has 3 nitrogen and oxygen atoms in total. The molecule has 1 N–H and O–H groups in total. The van der Waals surface area contributed by atoms with E-state index in [1.807, 2.05) is 6.20 Å². The van der Waals surface area contributed by atoms with Gasteiger partial charge in [-0.3, -0.25) is 4.68 Å². The van der Waals surface area contributed by atoms with E-state index in [0.717, 1.165) is 19.3 Å². The highest BCUT2D eigenvalue weighted by Gasteiger charge is 2.69. The van der Waals surface area contributed by atoms with Crippen molar-refractivity contribution in [2.24, 2.45) is 5.41 Å². The molecule has 2 bridgehead atoms. The van der Waals surface area contributed by atoms with Crippen LogP contribution in [0.5, 0.6) is 0 Å². The smallest absolute Gasteiger partial charge is 0.0646 e. The Balaban J connectivity index is 1.84. The van der Waals surface area contributed by atoms with Crippen molar-refractivity contribution >= 4 is 22.6 Å². The summed E-state index contributed by atoms with van der Waals surface area (Å²) in [6.45, 7) is 0.354. The Morgan fingerprint density at radius 3 is 2.69 bits per heavy atom. The molecule has 13 heavy (non-hydrogen) atoms. The lowest BCUT2D eigenvalue weighted by molar-refractivity contribution is -0.213. The van der Waals surface area contributed by atoms with Crippen molar-refractivity contribution in [1.29, 1.82) is 0 Å². The van der Waals surface area contributed by atoms with E-state index in [1.165, 1.54) is 3.57 Å². The molecule has 0 unspecified atom stereocenters. The Morgan fingerprint density at radius 1 is 1.54 bits per heavy atom. The van der Waals surface area contributed by atoms with Gasteiger partial charge in [-0.05, 0) is 41.9 Å². The molecule has 0 spiro atoms. The van der Waals surface area contributed by atoms with Crippen LogP contribution in [0.25, 0.3) is 0 Å². The normalized spacial score (nSPS) is 41.1. The van der Waals surface area contributed by atoms with E-state index < -0.39 is 0 Å². The highest BCUT2D eigenvalue weighted by atomic mass is 127. The summed E-state index contributed by atoms with van der Waals surface area (Å²) >= 11 is 2.28. The number of hydrogen-bond donors (Lipinski definition) is 1. The first kappa shape index (κ1) is 8.23. The summed E-state index contributed by atoms with van der Waals surface area (Å²) in [4.78, 5) is 0. The van der Waals surface area contributed by atoms with Gasteiger partial charge in [-0.15, -0.1) is 0 Å². The number of halogens is 1. The van der Waals surface area contributed by atoms with E-state index in [-0.39, 0.29) is 11.0 Å². The minimum atomic E-state index is 0.275. The van der Waals surface area contributed by atoms with Crippen molar-refractivity contribution in [3.05, 3.63) is 16.0 Å². The van der Waals surface area contributed by atoms with Crippen LogP contribution in [-0.2, 0) is 5.54 Å². The lowest BCUT2D eigenvalue weighted by Gasteiger charge is -2.69. The monoisotopic (exact) mass is 290 g/mol. The Kier molecular flexibility index (Phi) is 1.44. The van der Waals surface area contributed by atoms with E-state index >= 15 is 0 Å². The number of hydrogen-bond acceptors (Lipinski definition) is 2. The Labute approximate surface area is 90.3 Å². The maximum atomic E-state index is 9.12. The maximum absolute atomic E-state index is 9.12. The van der Waals surface area contributed by atoms with Crippen LogP contribution in [0.2, 0.25) is 0 Å². The summed E-state index contributed by atoms with van der Waals surface area (Å²) in [7, 11) is 0. The van der Waals surface area contributed by atoms with Gasteiger partial charge in [-0.1, -0.05) is 0 Å². The third-order valence-electron chi connectivity index (χ3n) is 3.48. The van der Waals surface area contributed by atoms with Crippen LogP contribution in [-0.4, -0.2) is 21.5 Å². The SMILES string of the molecule is OCC12CC(n3cc(I)cn3)(C1)C2. The standard InChI is InChI=1S/C9H11IN2O/c10-7-1-11-12(2-7)9-3-8(4-9,5-9)6-13/h1-2,13H,3-6H2. The molecule has 3 aliphatic carbocycles. The van der Waals surface area contributed by atoms with Gasteiger partial charge in [0.1, 0.15) is 0 Å². The second kappa shape index (κ2) is 2.28. The molecule has 3 fully saturated rings. The Hall–Kier alpha value is -0.100. The minimum absolute atomic E-state index is 0.275. The molecule has 0 aromatic carbocycles. The van der Waals surface area contributed by atoms with Crippen molar-refractivity contribution in [3.63, 3.8) is 0 Å². The molecule has 0 aliphatic heterocycles. The Bertz CT molecular complexity index is 340. The number of aromatic nitrogens is 2. The molecule has 1 aromatic heterocycles. The second-order valence-electron chi connectivity index (χ2n) is 4.52. The molecule has 1 heterocycles. The van der Waals surface area contributed by atoms with E-state index in [9.17, 15) is 0 Å².